The van der Waals surface area contributed by atoms with Crippen molar-refractivity contribution in [1.29, 1.82) is 0 Å². The summed E-state index contributed by atoms with van der Waals surface area (Å²) >= 11 is 6.35. The van der Waals surface area contributed by atoms with Crippen LogP contribution in [0.25, 0.3) is 0 Å². The van der Waals surface area contributed by atoms with E-state index in [2.05, 4.69) is 0 Å². The quantitative estimate of drug-likeness (QED) is 0.558. The van der Waals surface area contributed by atoms with Crippen molar-refractivity contribution < 1.29 is 29.9 Å². The van der Waals surface area contributed by atoms with Crippen molar-refractivity contribution in [2.24, 2.45) is 0 Å². The highest BCUT2D eigenvalue weighted by atomic mass is 35.5. The standard InChI is InChI=1S/C21H25ClO6/c1-2-27-15-6-3-12(4-7-15)9-14-10-13(5-8-16(14)22)20-18(25)19(26)21(28-20)17(24)11-23/h3-8,10,17-21,23-26H,2,9,11H2,1H3/t17?,18-,19-,20?,21-/m1/s1. The van der Waals surface area contributed by atoms with Gasteiger partial charge in [0.05, 0.1) is 13.2 Å². The number of rotatable bonds is 7. The van der Waals surface area contributed by atoms with Gasteiger partial charge in [0.25, 0.3) is 0 Å². The number of aliphatic hydroxyl groups excluding tert-OH is 4. The van der Waals surface area contributed by atoms with Crippen LogP contribution in [0.4, 0.5) is 0 Å². The average Bonchev–Trinajstić information content (AvgIpc) is 3.00. The Bertz CT molecular complexity index is 781. The van der Waals surface area contributed by atoms with Gasteiger partial charge in [-0.25, -0.2) is 0 Å². The van der Waals surface area contributed by atoms with Gasteiger partial charge in [-0.3, -0.25) is 0 Å². The first-order valence-corrected chi connectivity index (χ1v) is 9.63. The molecule has 4 N–H and O–H groups in total. The molecule has 0 saturated carbocycles. The maximum Gasteiger partial charge on any atom is 0.119 e. The molecule has 2 unspecified atom stereocenters. The molecule has 1 saturated heterocycles. The normalized spacial score (nSPS) is 25.6. The van der Waals surface area contributed by atoms with Crippen LogP contribution in [0, 0.1) is 0 Å². The Morgan fingerprint density at radius 2 is 1.82 bits per heavy atom. The Morgan fingerprint density at radius 1 is 1.11 bits per heavy atom. The van der Waals surface area contributed by atoms with E-state index in [1.54, 1.807) is 12.1 Å². The molecule has 0 amide bonds. The van der Waals surface area contributed by atoms with E-state index in [1.807, 2.05) is 37.3 Å². The van der Waals surface area contributed by atoms with Crippen molar-refractivity contribution in [3.05, 3.63) is 64.2 Å². The number of hydrogen-bond acceptors (Lipinski definition) is 6. The van der Waals surface area contributed by atoms with Crippen molar-refractivity contribution in [2.45, 2.75) is 43.9 Å². The van der Waals surface area contributed by atoms with E-state index in [0.29, 0.717) is 23.6 Å². The van der Waals surface area contributed by atoms with E-state index in [-0.39, 0.29) is 0 Å². The molecule has 3 rings (SSSR count). The van der Waals surface area contributed by atoms with Crippen LogP contribution in [-0.4, -0.2) is 58.1 Å². The molecule has 7 heteroatoms. The molecule has 0 spiro atoms. The molecule has 28 heavy (non-hydrogen) atoms. The third-order valence-corrected chi connectivity index (χ3v) is 5.26. The fraction of sp³-hybridized carbons (Fsp3) is 0.429. The molecule has 0 aromatic heterocycles. The van der Waals surface area contributed by atoms with Crippen LogP contribution < -0.4 is 4.74 Å². The largest absolute Gasteiger partial charge is 0.494 e. The first-order chi connectivity index (χ1) is 13.4. The molecule has 1 heterocycles. The minimum atomic E-state index is -1.29. The molecule has 5 atom stereocenters. The lowest BCUT2D eigenvalue weighted by atomic mass is 9.96. The predicted molar refractivity (Wildman–Crippen MR) is 105 cm³/mol. The summed E-state index contributed by atoms with van der Waals surface area (Å²) in [5, 5.41) is 40.0. The third-order valence-electron chi connectivity index (χ3n) is 4.89. The zero-order valence-electron chi connectivity index (χ0n) is 15.5. The molecule has 1 fully saturated rings. The second kappa shape index (κ2) is 9.22. The van der Waals surface area contributed by atoms with Gasteiger partial charge >= 0.3 is 0 Å². The molecule has 2 aromatic carbocycles. The Balaban J connectivity index is 1.79. The van der Waals surface area contributed by atoms with Crippen LogP contribution in [0.5, 0.6) is 5.75 Å². The highest BCUT2D eigenvalue weighted by molar-refractivity contribution is 6.31. The van der Waals surface area contributed by atoms with E-state index >= 15 is 0 Å². The fourth-order valence-electron chi connectivity index (χ4n) is 3.40. The van der Waals surface area contributed by atoms with Gasteiger partial charge in [-0.2, -0.15) is 0 Å². The van der Waals surface area contributed by atoms with Crippen LogP contribution in [0.3, 0.4) is 0 Å². The summed E-state index contributed by atoms with van der Waals surface area (Å²) in [6, 6.07) is 13.0. The summed E-state index contributed by atoms with van der Waals surface area (Å²) < 4.78 is 11.1. The summed E-state index contributed by atoms with van der Waals surface area (Å²) in [6.07, 6.45) is -5.09. The monoisotopic (exact) mass is 408 g/mol. The van der Waals surface area contributed by atoms with Gasteiger partial charge < -0.3 is 29.9 Å². The van der Waals surface area contributed by atoms with E-state index in [9.17, 15) is 15.3 Å². The zero-order chi connectivity index (χ0) is 20.3. The number of aliphatic hydroxyl groups is 4. The molecule has 1 aliphatic heterocycles. The Labute approximate surface area is 168 Å². The molecule has 0 bridgehead atoms. The van der Waals surface area contributed by atoms with E-state index in [4.69, 9.17) is 26.2 Å². The lowest BCUT2D eigenvalue weighted by Gasteiger charge is -2.19. The van der Waals surface area contributed by atoms with Crippen molar-refractivity contribution in [2.75, 3.05) is 13.2 Å². The van der Waals surface area contributed by atoms with E-state index in [0.717, 1.165) is 16.9 Å². The average molecular weight is 409 g/mol. The molecule has 6 nitrogen and oxygen atoms in total. The Kier molecular flexibility index (Phi) is 6.93. The number of halogens is 1. The van der Waals surface area contributed by atoms with Crippen molar-refractivity contribution in [1.82, 2.24) is 0 Å². The summed E-state index contributed by atoms with van der Waals surface area (Å²) in [4.78, 5) is 0. The van der Waals surface area contributed by atoms with Gasteiger partial charge in [0, 0.05) is 5.02 Å². The summed E-state index contributed by atoms with van der Waals surface area (Å²) in [5.41, 5.74) is 2.54. The number of hydrogen-bond donors (Lipinski definition) is 4. The summed E-state index contributed by atoms with van der Waals surface area (Å²) in [5.74, 6) is 0.802. The van der Waals surface area contributed by atoms with Crippen LogP contribution in [0.2, 0.25) is 5.02 Å². The molecule has 1 aliphatic rings. The molecular formula is C21H25ClO6. The minimum Gasteiger partial charge on any atom is -0.494 e. The van der Waals surface area contributed by atoms with Gasteiger partial charge in [0.15, 0.2) is 0 Å². The highest BCUT2D eigenvalue weighted by Gasteiger charge is 2.46. The number of benzene rings is 2. The third kappa shape index (κ3) is 4.49. The minimum absolute atomic E-state index is 0.565. The van der Waals surface area contributed by atoms with Crippen LogP contribution in [0.15, 0.2) is 42.5 Å². The van der Waals surface area contributed by atoms with Gasteiger partial charge in [0.2, 0.25) is 0 Å². The van der Waals surface area contributed by atoms with Crippen molar-refractivity contribution in [3.8, 4) is 5.75 Å². The van der Waals surface area contributed by atoms with Gasteiger partial charge in [-0.1, -0.05) is 35.9 Å². The molecule has 0 aliphatic carbocycles. The first-order valence-electron chi connectivity index (χ1n) is 9.25. The van der Waals surface area contributed by atoms with Crippen molar-refractivity contribution in [3.63, 3.8) is 0 Å². The van der Waals surface area contributed by atoms with Crippen LogP contribution >= 0.6 is 11.6 Å². The predicted octanol–water partition coefficient (Wildman–Crippen LogP) is 1.84. The molecular weight excluding hydrogens is 384 g/mol. The van der Waals surface area contributed by atoms with Crippen molar-refractivity contribution >= 4 is 11.6 Å². The van der Waals surface area contributed by atoms with E-state index < -0.39 is 37.1 Å². The first kappa shape index (κ1) is 21.0. The van der Waals surface area contributed by atoms with Gasteiger partial charge in [-0.15, -0.1) is 0 Å². The molecule has 0 radical (unpaired) electrons. The molecule has 152 valence electrons. The van der Waals surface area contributed by atoms with Gasteiger partial charge in [0.1, 0.15) is 36.3 Å². The Hall–Kier alpha value is -1.67. The molecule has 2 aromatic rings. The second-order valence-electron chi connectivity index (χ2n) is 6.86. The highest BCUT2D eigenvalue weighted by Crippen LogP contribution is 2.36. The maximum absolute atomic E-state index is 10.3. The van der Waals surface area contributed by atoms with E-state index in [1.165, 1.54) is 0 Å². The smallest absolute Gasteiger partial charge is 0.119 e. The SMILES string of the molecule is CCOc1ccc(Cc2cc(C3O[C@H](C(O)CO)[C@H](O)[C@H]3O)ccc2Cl)cc1. The topological polar surface area (TPSA) is 99.4 Å². The van der Waals surface area contributed by atoms with Crippen LogP contribution in [-0.2, 0) is 11.2 Å². The van der Waals surface area contributed by atoms with Crippen LogP contribution in [0.1, 0.15) is 29.7 Å². The van der Waals surface area contributed by atoms with Gasteiger partial charge in [-0.05, 0) is 48.2 Å². The summed E-state index contributed by atoms with van der Waals surface area (Å²) in [6.45, 7) is 1.97. The fourth-order valence-corrected chi connectivity index (χ4v) is 3.58. The lowest BCUT2D eigenvalue weighted by molar-refractivity contribution is -0.0820. The number of ether oxygens (including phenoxy) is 2. The second-order valence-corrected chi connectivity index (χ2v) is 7.26. The summed E-state index contributed by atoms with van der Waals surface area (Å²) in [7, 11) is 0. The zero-order valence-corrected chi connectivity index (χ0v) is 16.3. The lowest BCUT2D eigenvalue weighted by Crippen LogP contribution is -2.40. The Morgan fingerprint density at radius 3 is 2.46 bits per heavy atom. The maximum atomic E-state index is 10.3.